The van der Waals surface area contributed by atoms with Crippen molar-refractivity contribution in [1.29, 1.82) is 0 Å². The maximum atomic E-state index is 12.3. The number of aromatic nitrogens is 1. The Morgan fingerprint density at radius 1 is 1.05 bits per heavy atom. The number of rotatable bonds is 3. The number of benzene rings is 2. The van der Waals surface area contributed by atoms with Crippen molar-refractivity contribution in [2.24, 2.45) is 0 Å². The first kappa shape index (κ1) is 13.8. The minimum Gasteiger partial charge on any atom is -0.493 e. The Morgan fingerprint density at radius 2 is 1.81 bits per heavy atom. The average molecular weight is 323 g/mol. The summed E-state index contributed by atoms with van der Waals surface area (Å²) in [7, 11) is -3.85. The Labute approximate surface area is 126 Å². The molecule has 0 spiro atoms. The molecule has 0 fully saturated rings. The highest BCUT2D eigenvalue weighted by Crippen LogP contribution is 2.24. The Bertz CT molecular complexity index is 919. The van der Waals surface area contributed by atoms with E-state index in [2.05, 4.69) is 4.83 Å². The van der Waals surface area contributed by atoms with Gasteiger partial charge in [0.25, 0.3) is 10.0 Å². The zero-order valence-corrected chi connectivity index (χ0v) is 12.3. The van der Waals surface area contributed by atoms with Crippen molar-refractivity contribution in [1.82, 2.24) is 4.68 Å². The van der Waals surface area contributed by atoms with Crippen molar-refractivity contribution >= 4 is 32.5 Å². The van der Waals surface area contributed by atoms with Gasteiger partial charge in [-0.25, -0.2) is 9.51 Å². The van der Waals surface area contributed by atoms with E-state index in [9.17, 15) is 13.5 Å². The van der Waals surface area contributed by atoms with E-state index in [0.29, 0.717) is 10.5 Å². The summed E-state index contributed by atoms with van der Waals surface area (Å²) in [6.07, 6.45) is 0. The smallest absolute Gasteiger partial charge is 0.275 e. The van der Waals surface area contributed by atoms with Crippen molar-refractivity contribution in [3.63, 3.8) is 0 Å². The molecule has 0 atom stereocenters. The first-order valence-corrected chi connectivity index (χ1v) is 7.91. The fourth-order valence-electron chi connectivity index (χ4n) is 2.04. The molecule has 5 nitrogen and oxygen atoms in total. The highest BCUT2D eigenvalue weighted by atomic mass is 35.5. The molecule has 7 heteroatoms. The standard InChI is InChI=1S/C14H11ClN2O3S/c15-11-5-3-6-12(9-11)21(19,20)16-17-13-7-2-1-4-10(13)8-14(17)18/h1-9,16,18H. The van der Waals surface area contributed by atoms with Gasteiger partial charge in [-0.1, -0.05) is 35.9 Å². The fourth-order valence-corrected chi connectivity index (χ4v) is 3.38. The largest absolute Gasteiger partial charge is 0.493 e. The quantitative estimate of drug-likeness (QED) is 0.778. The Hall–Kier alpha value is -2.18. The van der Waals surface area contributed by atoms with E-state index in [0.717, 1.165) is 10.1 Å². The lowest BCUT2D eigenvalue weighted by atomic mass is 10.3. The molecular weight excluding hydrogens is 312 g/mol. The Morgan fingerprint density at radius 3 is 2.57 bits per heavy atom. The summed E-state index contributed by atoms with van der Waals surface area (Å²) < 4.78 is 25.8. The van der Waals surface area contributed by atoms with Gasteiger partial charge in [-0.2, -0.15) is 8.42 Å². The van der Waals surface area contributed by atoms with Crippen LogP contribution in [0.15, 0.2) is 59.5 Å². The third kappa shape index (κ3) is 2.55. The monoisotopic (exact) mass is 322 g/mol. The molecule has 0 saturated carbocycles. The van der Waals surface area contributed by atoms with Crippen LogP contribution in [-0.2, 0) is 10.0 Å². The lowest BCUT2D eigenvalue weighted by Crippen LogP contribution is -2.22. The minimum absolute atomic E-state index is 0.0205. The number of fused-ring (bicyclic) bond motifs is 1. The predicted molar refractivity (Wildman–Crippen MR) is 81.6 cm³/mol. The number of hydrogen-bond donors (Lipinski definition) is 2. The zero-order chi connectivity index (χ0) is 15.0. The van der Waals surface area contributed by atoms with Crippen molar-refractivity contribution in [2.45, 2.75) is 4.90 Å². The zero-order valence-electron chi connectivity index (χ0n) is 10.7. The maximum absolute atomic E-state index is 12.3. The van der Waals surface area contributed by atoms with Gasteiger partial charge in [0.05, 0.1) is 10.4 Å². The second kappa shape index (κ2) is 4.98. The van der Waals surface area contributed by atoms with Crippen molar-refractivity contribution < 1.29 is 13.5 Å². The van der Waals surface area contributed by atoms with E-state index < -0.39 is 10.0 Å². The normalized spacial score (nSPS) is 11.7. The molecule has 0 saturated heterocycles. The van der Waals surface area contributed by atoms with Crippen LogP contribution >= 0.6 is 11.6 Å². The van der Waals surface area contributed by atoms with Gasteiger partial charge in [0.15, 0.2) is 0 Å². The molecule has 3 aromatic rings. The number of halogens is 1. The van der Waals surface area contributed by atoms with E-state index >= 15 is 0 Å². The summed E-state index contributed by atoms with van der Waals surface area (Å²) in [6, 6.07) is 14.4. The van der Waals surface area contributed by atoms with Crippen LogP contribution in [0.5, 0.6) is 5.88 Å². The third-order valence-electron chi connectivity index (χ3n) is 3.01. The summed E-state index contributed by atoms with van der Waals surface area (Å²) in [5.41, 5.74) is 0.556. The maximum Gasteiger partial charge on any atom is 0.275 e. The minimum atomic E-state index is -3.85. The van der Waals surface area contributed by atoms with Crippen LogP contribution in [0, 0.1) is 0 Å². The van der Waals surface area contributed by atoms with Crippen molar-refractivity contribution in [2.75, 3.05) is 4.83 Å². The first-order valence-electron chi connectivity index (χ1n) is 6.05. The molecule has 0 aliphatic carbocycles. The van der Waals surface area contributed by atoms with Gasteiger partial charge >= 0.3 is 0 Å². The van der Waals surface area contributed by atoms with E-state index in [1.54, 1.807) is 36.4 Å². The molecule has 0 unspecified atom stereocenters. The van der Waals surface area contributed by atoms with E-state index in [1.165, 1.54) is 18.2 Å². The molecule has 1 aromatic heterocycles. The molecule has 0 amide bonds. The molecule has 1 heterocycles. The number of nitrogens with zero attached hydrogens (tertiary/aromatic N) is 1. The van der Waals surface area contributed by atoms with Crippen LogP contribution in [0.2, 0.25) is 5.02 Å². The second-order valence-corrected chi connectivity index (χ2v) is 6.55. The third-order valence-corrected chi connectivity index (χ3v) is 4.54. The van der Waals surface area contributed by atoms with Crippen LogP contribution in [0.4, 0.5) is 0 Å². The van der Waals surface area contributed by atoms with Crippen LogP contribution in [0.3, 0.4) is 0 Å². The predicted octanol–water partition coefficient (Wildman–Crippen LogP) is 2.93. The molecule has 2 N–H and O–H groups in total. The Kier molecular flexibility index (Phi) is 3.27. The number of nitrogens with one attached hydrogen (secondary N) is 1. The summed E-state index contributed by atoms with van der Waals surface area (Å²) in [5.74, 6) is -0.193. The topological polar surface area (TPSA) is 71.3 Å². The van der Waals surface area contributed by atoms with E-state index in [1.807, 2.05) is 0 Å². The van der Waals surface area contributed by atoms with Gasteiger partial charge in [-0.05, 0) is 24.3 Å². The molecule has 0 bridgehead atoms. The number of sulfonamides is 1. The summed E-state index contributed by atoms with van der Waals surface area (Å²) >= 11 is 5.81. The highest BCUT2D eigenvalue weighted by Gasteiger charge is 2.17. The van der Waals surface area contributed by atoms with Crippen LogP contribution < -0.4 is 4.83 Å². The molecule has 3 rings (SSSR count). The Balaban J connectivity index is 2.07. The van der Waals surface area contributed by atoms with Gasteiger partial charge in [0, 0.05) is 16.5 Å². The molecule has 2 aromatic carbocycles. The van der Waals surface area contributed by atoms with E-state index in [-0.39, 0.29) is 10.8 Å². The lowest BCUT2D eigenvalue weighted by Gasteiger charge is -2.11. The number of aromatic hydroxyl groups is 1. The lowest BCUT2D eigenvalue weighted by molar-refractivity contribution is 0.439. The SMILES string of the molecule is O=S(=O)(Nn1c(O)cc2ccccc21)c1cccc(Cl)c1. The van der Waals surface area contributed by atoms with Gasteiger partial charge in [-0.15, -0.1) is 0 Å². The van der Waals surface area contributed by atoms with Gasteiger partial charge in [-0.3, -0.25) is 0 Å². The first-order chi connectivity index (χ1) is 9.97. The molecule has 0 radical (unpaired) electrons. The highest BCUT2D eigenvalue weighted by molar-refractivity contribution is 7.92. The molecule has 108 valence electrons. The fraction of sp³-hybridized carbons (Fsp3) is 0. The summed E-state index contributed by atoms with van der Waals surface area (Å²) in [5, 5.41) is 11.0. The molecule has 0 aliphatic rings. The van der Waals surface area contributed by atoms with E-state index in [4.69, 9.17) is 11.6 Å². The van der Waals surface area contributed by atoms with Gasteiger partial charge < -0.3 is 5.11 Å². The molecule has 21 heavy (non-hydrogen) atoms. The van der Waals surface area contributed by atoms with Crippen molar-refractivity contribution in [3.05, 3.63) is 59.6 Å². The summed E-state index contributed by atoms with van der Waals surface area (Å²) in [6.45, 7) is 0. The van der Waals surface area contributed by atoms with Gasteiger partial charge in [0.1, 0.15) is 0 Å². The van der Waals surface area contributed by atoms with Gasteiger partial charge in [0.2, 0.25) is 5.88 Å². The average Bonchev–Trinajstić information content (AvgIpc) is 2.75. The van der Waals surface area contributed by atoms with Crippen LogP contribution in [0.25, 0.3) is 10.9 Å². The van der Waals surface area contributed by atoms with Crippen molar-refractivity contribution in [3.8, 4) is 5.88 Å². The second-order valence-electron chi connectivity index (χ2n) is 4.45. The number of hydrogen-bond acceptors (Lipinski definition) is 3. The van der Waals surface area contributed by atoms with Crippen LogP contribution in [-0.4, -0.2) is 18.2 Å². The summed E-state index contributed by atoms with van der Waals surface area (Å²) in [4.78, 5) is 2.35. The molecule has 0 aliphatic heterocycles. The number of para-hydroxylation sites is 1. The molecular formula is C14H11ClN2O3S. The van der Waals surface area contributed by atoms with Crippen LogP contribution in [0.1, 0.15) is 0 Å².